The highest BCUT2D eigenvalue weighted by atomic mass is 16.6. The first-order chi connectivity index (χ1) is 14.0. The number of carbonyl (C=O) groups excluding carboxylic acids is 4. The van der Waals surface area contributed by atoms with Crippen LogP contribution in [-0.2, 0) is 28.7 Å². The topological polar surface area (TPSA) is 122 Å². The minimum absolute atomic E-state index is 0.118. The van der Waals surface area contributed by atoms with Gasteiger partial charge in [-0.2, -0.15) is 0 Å². The average Bonchev–Trinajstić information content (AvgIpc) is 3.30. The van der Waals surface area contributed by atoms with Crippen LogP contribution in [0.5, 0.6) is 11.5 Å². The van der Waals surface area contributed by atoms with Gasteiger partial charge in [0.25, 0.3) is 0 Å². The molecular weight excluding hydrogens is 382 g/mol. The summed E-state index contributed by atoms with van der Waals surface area (Å²) in [5, 5.41) is 1.99. The molecule has 0 bridgehead atoms. The largest absolute Gasteiger partial charge is 0.478 e. The maximum absolute atomic E-state index is 11.6. The standard InChI is InChI=1S/C20H13NO8/c22-17-7-15(19(24)28-17)26-9-1-3-13-11(5-9)12-6-10(2-4-14(12)21-13)27-16-8-18(23)29-20(16)25/h1-6,15-16,21H,7-8H2/p+1. The Balaban J connectivity index is 1.40. The Bertz CT molecular complexity index is 1010. The molecule has 2 N–H and O–H groups in total. The van der Waals surface area contributed by atoms with Gasteiger partial charge in [-0.25, -0.2) is 9.59 Å². The third-order valence-corrected chi connectivity index (χ3v) is 4.87. The fourth-order valence-corrected chi connectivity index (χ4v) is 3.52. The first-order valence-electron chi connectivity index (χ1n) is 8.92. The normalized spacial score (nSPS) is 22.2. The SMILES string of the molecule is O=C1CC(Oc2ccc3c(c2)-c2cc(OC4CC(=O)OC4=O)ccc2[NH2+]3)C(=O)O1. The second-order valence-electron chi connectivity index (χ2n) is 6.85. The van der Waals surface area contributed by atoms with Crippen LogP contribution in [0.4, 0.5) is 11.4 Å². The van der Waals surface area contributed by atoms with Crippen LogP contribution < -0.4 is 14.8 Å². The van der Waals surface area contributed by atoms with Gasteiger partial charge in [-0.1, -0.05) is 0 Å². The van der Waals surface area contributed by atoms with Crippen molar-refractivity contribution in [3.63, 3.8) is 0 Å². The van der Waals surface area contributed by atoms with E-state index in [2.05, 4.69) is 9.47 Å². The molecule has 0 aromatic heterocycles. The Morgan fingerprint density at radius 2 is 1.17 bits per heavy atom. The lowest BCUT2D eigenvalue weighted by atomic mass is 10.1. The third kappa shape index (κ3) is 3.11. The van der Waals surface area contributed by atoms with Crippen LogP contribution in [0.3, 0.4) is 0 Å². The summed E-state index contributed by atoms with van der Waals surface area (Å²) in [5.74, 6) is -1.75. The molecule has 2 aromatic carbocycles. The highest BCUT2D eigenvalue weighted by molar-refractivity contribution is 5.97. The van der Waals surface area contributed by atoms with Gasteiger partial charge in [0.05, 0.1) is 24.0 Å². The van der Waals surface area contributed by atoms with E-state index in [1.165, 1.54) is 0 Å². The fraction of sp³-hybridized carbons (Fsp3) is 0.200. The van der Waals surface area contributed by atoms with Gasteiger partial charge >= 0.3 is 23.9 Å². The molecular formula is C20H14NO8+. The Kier molecular flexibility index (Phi) is 3.85. The summed E-state index contributed by atoms with van der Waals surface area (Å²) in [6, 6.07) is 10.7. The summed E-state index contributed by atoms with van der Waals surface area (Å²) >= 11 is 0. The van der Waals surface area contributed by atoms with E-state index in [9.17, 15) is 19.2 Å². The molecule has 5 rings (SSSR count). The number of esters is 4. The molecule has 0 spiro atoms. The first-order valence-corrected chi connectivity index (χ1v) is 8.92. The van der Waals surface area contributed by atoms with Crippen molar-refractivity contribution in [2.75, 3.05) is 0 Å². The number of hydrogen-bond donors (Lipinski definition) is 1. The van der Waals surface area contributed by atoms with Gasteiger partial charge in [-0.3, -0.25) is 14.9 Å². The molecule has 2 fully saturated rings. The number of hydrogen-bond acceptors (Lipinski definition) is 8. The van der Waals surface area contributed by atoms with Gasteiger partial charge in [-0.15, -0.1) is 0 Å². The van der Waals surface area contributed by atoms with Crippen molar-refractivity contribution in [3.05, 3.63) is 36.4 Å². The van der Waals surface area contributed by atoms with Crippen molar-refractivity contribution in [3.8, 4) is 22.6 Å². The van der Waals surface area contributed by atoms with Crippen LogP contribution in [0, 0.1) is 0 Å². The number of carbonyl (C=O) groups is 4. The van der Waals surface area contributed by atoms with Gasteiger partial charge in [0.1, 0.15) is 22.9 Å². The van der Waals surface area contributed by atoms with Gasteiger partial charge < -0.3 is 18.9 Å². The zero-order chi connectivity index (χ0) is 20.1. The molecule has 0 saturated carbocycles. The van der Waals surface area contributed by atoms with Crippen LogP contribution >= 0.6 is 0 Å². The number of rotatable bonds is 4. The summed E-state index contributed by atoms with van der Waals surface area (Å²) in [6.45, 7) is 0. The second kappa shape index (κ2) is 6.42. The number of benzene rings is 2. The van der Waals surface area contributed by atoms with Crippen molar-refractivity contribution >= 4 is 35.3 Å². The highest BCUT2D eigenvalue weighted by Gasteiger charge is 2.37. The average molecular weight is 396 g/mol. The molecule has 9 nitrogen and oxygen atoms in total. The van der Waals surface area contributed by atoms with E-state index in [4.69, 9.17) is 9.47 Å². The van der Waals surface area contributed by atoms with Crippen molar-refractivity contribution in [1.82, 2.24) is 0 Å². The lowest BCUT2D eigenvalue weighted by Gasteiger charge is -2.11. The molecule has 2 unspecified atom stereocenters. The van der Waals surface area contributed by atoms with Gasteiger partial charge in [0, 0.05) is 12.1 Å². The van der Waals surface area contributed by atoms with Crippen LogP contribution in [0.25, 0.3) is 11.1 Å². The Morgan fingerprint density at radius 3 is 1.55 bits per heavy atom. The summed E-state index contributed by atoms with van der Waals surface area (Å²) < 4.78 is 20.3. The Labute approximate surface area is 163 Å². The van der Waals surface area contributed by atoms with Crippen LogP contribution in [0.2, 0.25) is 0 Å². The van der Waals surface area contributed by atoms with E-state index in [0.717, 1.165) is 22.5 Å². The van der Waals surface area contributed by atoms with Crippen LogP contribution in [0.15, 0.2) is 36.4 Å². The van der Waals surface area contributed by atoms with E-state index >= 15 is 0 Å². The number of quaternary nitrogens is 1. The molecule has 29 heavy (non-hydrogen) atoms. The minimum Gasteiger partial charge on any atom is -0.478 e. The maximum Gasteiger partial charge on any atom is 0.355 e. The Hall–Kier alpha value is -3.72. The summed E-state index contributed by atoms with van der Waals surface area (Å²) in [4.78, 5) is 45.7. The highest BCUT2D eigenvalue weighted by Crippen LogP contribution is 2.40. The predicted molar refractivity (Wildman–Crippen MR) is 93.4 cm³/mol. The molecule has 0 radical (unpaired) electrons. The van der Waals surface area contributed by atoms with Gasteiger partial charge in [-0.05, 0) is 24.3 Å². The van der Waals surface area contributed by atoms with Crippen LogP contribution in [0.1, 0.15) is 12.8 Å². The lowest BCUT2D eigenvalue weighted by Crippen LogP contribution is -2.69. The molecule has 0 amide bonds. The maximum atomic E-state index is 11.6. The van der Waals surface area contributed by atoms with Crippen molar-refractivity contribution < 1.29 is 43.4 Å². The number of cyclic esters (lactones) is 4. The van der Waals surface area contributed by atoms with E-state index in [1.54, 1.807) is 24.3 Å². The van der Waals surface area contributed by atoms with E-state index in [0.29, 0.717) is 11.5 Å². The molecule has 2 atom stereocenters. The van der Waals surface area contributed by atoms with E-state index in [-0.39, 0.29) is 12.8 Å². The zero-order valence-corrected chi connectivity index (χ0v) is 14.9. The minimum atomic E-state index is -0.953. The van der Waals surface area contributed by atoms with Crippen molar-refractivity contribution in [2.45, 2.75) is 25.0 Å². The van der Waals surface area contributed by atoms with E-state index < -0.39 is 36.1 Å². The molecule has 0 aliphatic carbocycles. The van der Waals surface area contributed by atoms with Crippen molar-refractivity contribution in [2.24, 2.45) is 0 Å². The summed E-state index contributed by atoms with van der Waals surface area (Å²) in [6.07, 6.45) is -2.14. The predicted octanol–water partition coefficient (Wildman–Crippen LogP) is 0.635. The van der Waals surface area contributed by atoms with Gasteiger partial charge in [0.15, 0.2) is 0 Å². The molecule has 3 aliphatic heterocycles. The number of fused-ring (bicyclic) bond motifs is 3. The Morgan fingerprint density at radius 1 is 0.724 bits per heavy atom. The zero-order valence-electron chi connectivity index (χ0n) is 14.9. The summed E-state index contributed by atoms with van der Waals surface area (Å²) in [7, 11) is 0. The molecule has 3 aliphatic rings. The van der Waals surface area contributed by atoms with Crippen LogP contribution in [-0.4, -0.2) is 36.1 Å². The smallest absolute Gasteiger partial charge is 0.355 e. The van der Waals surface area contributed by atoms with Crippen molar-refractivity contribution in [1.29, 1.82) is 0 Å². The monoisotopic (exact) mass is 396 g/mol. The van der Waals surface area contributed by atoms with Gasteiger partial charge in [0.2, 0.25) is 12.2 Å². The second-order valence-corrected chi connectivity index (χ2v) is 6.85. The quantitative estimate of drug-likeness (QED) is 0.387. The molecule has 146 valence electrons. The summed E-state index contributed by atoms with van der Waals surface area (Å²) in [5.41, 5.74) is 3.60. The van der Waals surface area contributed by atoms with E-state index in [1.807, 2.05) is 17.4 Å². The number of nitrogens with two attached hydrogens (primary N) is 1. The third-order valence-electron chi connectivity index (χ3n) is 4.87. The molecule has 2 aromatic rings. The lowest BCUT2D eigenvalue weighted by molar-refractivity contribution is -0.473. The molecule has 9 heteroatoms. The number of ether oxygens (including phenoxy) is 4. The molecule has 3 heterocycles. The first kappa shape index (κ1) is 17.4. The fourth-order valence-electron chi connectivity index (χ4n) is 3.52. The molecule has 2 saturated heterocycles.